The molecule has 2 aromatic carbocycles. The van der Waals surface area contributed by atoms with Crippen molar-refractivity contribution in [1.29, 1.82) is 0 Å². The van der Waals surface area contributed by atoms with Gasteiger partial charge < -0.3 is 15.3 Å². The van der Waals surface area contributed by atoms with Crippen molar-refractivity contribution < 1.29 is 5.11 Å². The highest BCUT2D eigenvalue weighted by molar-refractivity contribution is 6.32. The molecule has 2 aromatic rings. The van der Waals surface area contributed by atoms with Gasteiger partial charge in [-0.15, -0.1) is 0 Å². The predicted molar refractivity (Wildman–Crippen MR) is 88.5 cm³/mol. The van der Waals surface area contributed by atoms with Crippen LogP contribution < -0.4 is 10.2 Å². The van der Waals surface area contributed by atoms with E-state index in [1.807, 2.05) is 6.07 Å². The van der Waals surface area contributed by atoms with Crippen LogP contribution in [0.15, 0.2) is 36.4 Å². The SMILES string of the molecule is CN1CCCc2cc(CNc3ccc(O)c(Cl)c3)ccc21. The van der Waals surface area contributed by atoms with Gasteiger partial charge in [-0.2, -0.15) is 0 Å². The molecule has 110 valence electrons. The van der Waals surface area contributed by atoms with Gasteiger partial charge in [0.15, 0.2) is 0 Å². The second-order valence-corrected chi connectivity index (χ2v) is 5.92. The van der Waals surface area contributed by atoms with E-state index < -0.39 is 0 Å². The number of halogens is 1. The molecule has 0 radical (unpaired) electrons. The second-order valence-electron chi connectivity index (χ2n) is 5.51. The van der Waals surface area contributed by atoms with Gasteiger partial charge >= 0.3 is 0 Å². The Kier molecular flexibility index (Phi) is 3.93. The molecule has 0 fully saturated rings. The van der Waals surface area contributed by atoms with Crippen LogP contribution in [-0.2, 0) is 13.0 Å². The lowest BCUT2D eigenvalue weighted by Gasteiger charge is -2.27. The Balaban J connectivity index is 1.72. The third-order valence-electron chi connectivity index (χ3n) is 3.94. The van der Waals surface area contributed by atoms with E-state index in [2.05, 4.69) is 35.5 Å². The first-order valence-corrected chi connectivity index (χ1v) is 7.56. The number of fused-ring (bicyclic) bond motifs is 1. The summed E-state index contributed by atoms with van der Waals surface area (Å²) >= 11 is 5.91. The maximum absolute atomic E-state index is 9.42. The molecule has 2 N–H and O–H groups in total. The molecule has 1 aliphatic heterocycles. The molecule has 4 heteroatoms. The van der Waals surface area contributed by atoms with Gasteiger partial charge in [0.2, 0.25) is 0 Å². The van der Waals surface area contributed by atoms with Gasteiger partial charge in [0.1, 0.15) is 5.75 Å². The van der Waals surface area contributed by atoms with Crippen LogP contribution in [0.3, 0.4) is 0 Å². The number of aromatic hydroxyl groups is 1. The van der Waals surface area contributed by atoms with E-state index in [-0.39, 0.29) is 5.75 Å². The topological polar surface area (TPSA) is 35.5 Å². The van der Waals surface area contributed by atoms with Crippen LogP contribution in [-0.4, -0.2) is 18.7 Å². The van der Waals surface area contributed by atoms with E-state index >= 15 is 0 Å². The first kappa shape index (κ1) is 14.1. The van der Waals surface area contributed by atoms with Gasteiger partial charge in [-0.1, -0.05) is 23.7 Å². The molecule has 0 atom stereocenters. The van der Waals surface area contributed by atoms with E-state index in [9.17, 15) is 5.11 Å². The summed E-state index contributed by atoms with van der Waals surface area (Å²) in [7, 11) is 2.15. The summed E-state index contributed by atoms with van der Waals surface area (Å²) in [5.74, 6) is 0.110. The van der Waals surface area contributed by atoms with E-state index in [0.717, 1.165) is 25.2 Å². The molecule has 0 aromatic heterocycles. The quantitative estimate of drug-likeness (QED) is 0.840. The van der Waals surface area contributed by atoms with Crippen LogP contribution in [0, 0.1) is 0 Å². The third kappa shape index (κ3) is 3.08. The molecule has 0 saturated carbocycles. The molecule has 21 heavy (non-hydrogen) atoms. The Labute approximate surface area is 130 Å². The smallest absolute Gasteiger partial charge is 0.134 e. The number of aryl methyl sites for hydroxylation is 1. The summed E-state index contributed by atoms with van der Waals surface area (Å²) < 4.78 is 0. The van der Waals surface area contributed by atoms with Gasteiger partial charge in [0, 0.05) is 31.5 Å². The average molecular weight is 303 g/mol. The second kappa shape index (κ2) is 5.86. The van der Waals surface area contributed by atoms with Crippen LogP contribution in [0.5, 0.6) is 5.75 Å². The fourth-order valence-electron chi connectivity index (χ4n) is 2.77. The molecule has 3 rings (SSSR count). The summed E-state index contributed by atoms with van der Waals surface area (Å²) in [6, 6.07) is 11.8. The largest absolute Gasteiger partial charge is 0.506 e. The van der Waals surface area contributed by atoms with Gasteiger partial charge in [-0.3, -0.25) is 0 Å². The minimum Gasteiger partial charge on any atom is -0.506 e. The van der Waals surface area contributed by atoms with Crippen LogP contribution in [0.4, 0.5) is 11.4 Å². The number of hydrogen-bond donors (Lipinski definition) is 2. The van der Waals surface area contributed by atoms with Crippen molar-refractivity contribution in [2.24, 2.45) is 0 Å². The molecule has 0 amide bonds. The molecule has 3 nitrogen and oxygen atoms in total. The molecule has 0 saturated heterocycles. The lowest BCUT2D eigenvalue weighted by molar-refractivity contribution is 0.475. The van der Waals surface area contributed by atoms with E-state index in [1.165, 1.54) is 23.2 Å². The number of phenols is 1. The Morgan fingerprint density at radius 1 is 1.24 bits per heavy atom. The predicted octanol–water partition coefficient (Wildman–Crippen LogP) is 4.04. The molecule has 0 bridgehead atoms. The first-order valence-electron chi connectivity index (χ1n) is 7.19. The van der Waals surface area contributed by atoms with Crippen molar-refractivity contribution in [2.75, 3.05) is 23.8 Å². The van der Waals surface area contributed by atoms with Crippen molar-refractivity contribution in [1.82, 2.24) is 0 Å². The van der Waals surface area contributed by atoms with Crippen LogP contribution in [0.2, 0.25) is 5.02 Å². The third-order valence-corrected chi connectivity index (χ3v) is 4.24. The lowest BCUT2D eigenvalue weighted by Crippen LogP contribution is -2.24. The van der Waals surface area contributed by atoms with Crippen LogP contribution >= 0.6 is 11.6 Å². The monoisotopic (exact) mass is 302 g/mol. The maximum Gasteiger partial charge on any atom is 0.134 e. The van der Waals surface area contributed by atoms with E-state index in [1.54, 1.807) is 12.1 Å². The summed E-state index contributed by atoms with van der Waals surface area (Å²) in [5.41, 5.74) is 4.94. The molecular weight excluding hydrogens is 284 g/mol. The van der Waals surface area contributed by atoms with E-state index in [4.69, 9.17) is 11.6 Å². The summed E-state index contributed by atoms with van der Waals surface area (Å²) in [5, 5.41) is 13.1. The Morgan fingerprint density at radius 2 is 2.10 bits per heavy atom. The summed E-state index contributed by atoms with van der Waals surface area (Å²) in [6.07, 6.45) is 2.37. The maximum atomic E-state index is 9.42. The minimum atomic E-state index is 0.110. The van der Waals surface area contributed by atoms with Crippen molar-refractivity contribution in [3.8, 4) is 5.75 Å². The van der Waals surface area contributed by atoms with Crippen molar-refractivity contribution in [2.45, 2.75) is 19.4 Å². The zero-order chi connectivity index (χ0) is 14.8. The highest BCUT2D eigenvalue weighted by Gasteiger charge is 2.13. The number of rotatable bonds is 3. The van der Waals surface area contributed by atoms with Crippen molar-refractivity contribution in [3.63, 3.8) is 0 Å². The fourth-order valence-corrected chi connectivity index (χ4v) is 2.95. The Bertz CT molecular complexity index is 657. The summed E-state index contributed by atoms with van der Waals surface area (Å²) in [6.45, 7) is 1.88. The lowest BCUT2D eigenvalue weighted by atomic mass is 9.99. The number of nitrogens with one attached hydrogen (secondary N) is 1. The van der Waals surface area contributed by atoms with Crippen LogP contribution in [0.1, 0.15) is 17.5 Å². The molecule has 0 unspecified atom stereocenters. The molecule has 1 aliphatic rings. The number of nitrogens with zero attached hydrogens (tertiary/aromatic N) is 1. The van der Waals surface area contributed by atoms with Gasteiger partial charge in [-0.25, -0.2) is 0 Å². The van der Waals surface area contributed by atoms with Gasteiger partial charge in [0.25, 0.3) is 0 Å². The number of anilines is 2. The van der Waals surface area contributed by atoms with Crippen molar-refractivity contribution in [3.05, 3.63) is 52.5 Å². The Morgan fingerprint density at radius 3 is 2.90 bits per heavy atom. The van der Waals surface area contributed by atoms with Gasteiger partial charge in [0.05, 0.1) is 5.02 Å². The molecule has 1 heterocycles. The standard InChI is InChI=1S/C17H19ClN2O/c1-20-8-2-3-13-9-12(4-6-16(13)20)11-19-14-5-7-17(21)15(18)10-14/h4-7,9-10,19,21H,2-3,8,11H2,1H3. The first-order chi connectivity index (χ1) is 10.1. The molecule has 0 spiro atoms. The molecule has 0 aliphatic carbocycles. The zero-order valence-corrected chi connectivity index (χ0v) is 12.8. The van der Waals surface area contributed by atoms with Crippen molar-refractivity contribution >= 4 is 23.0 Å². The Hall–Kier alpha value is -1.87. The highest BCUT2D eigenvalue weighted by Crippen LogP contribution is 2.28. The number of hydrogen-bond acceptors (Lipinski definition) is 3. The van der Waals surface area contributed by atoms with Gasteiger partial charge in [-0.05, 0) is 48.2 Å². The van der Waals surface area contributed by atoms with E-state index in [0.29, 0.717) is 5.02 Å². The highest BCUT2D eigenvalue weighted by atomic mass is 35.5. The minimum absolute atomic E-state index is 0.110. The fraction of sp³-hybridized carbons (Fsp3) is 0.294. The zero-order valence-electron chi connectivity index (χ0n) is 12.1. The normalized spacial score (nSPS) is 13.9. The number of phenolic OH excluding ortho intramolecular Hbond substituents is 1. The average Bonchev–Trinajstić information content (AvgIpc) is 2.49. The molecular formula is C17H19ClN2O. The van der Waals surface area contributed by atoms with Crippen LogP contribution in [0.25, 0.3) is 0 Å². The number of benzene rings is 2. The summed E-state index contributed by atoms with van der Waals surface area (Å²) in [4.78, 5) is 2.32.